The minimum absolute atomic E-state index is 0.00110. The lowest BCUT2D eigenvalue weighted by Gasteiger charge is -2.36. The average molecular weight is 587 g/mol. The second-order valence-corrected chi connectivity index (χ2v) is 9.95. The molecule has 9 heteroatoms. The highest BCUT2D eigenvalue weighted by Crippen LogP contribution is 2.41. The predicted octanol–water partition coefficient (Wildman–Crippen LogP) is 6.57. The summed E-state index contributed by atoms with van der Waals surface area (Å²) in [6, 6.07) is 25.1. The van der Waals surface area contributed by atoms with E-state index < -0.39 is 17.7 Å². The van der Waals surface area contributed by atoms with Gasteiger partial charge in [-0.25, -0.2) is 0 Å². The monoisotopic (exact) mass is 586 g/mol. The number of hydrogen-bond donors (Lipinski definition) is 1. The van der Waals surface area contributed by atoms with Gasteiger partial charge < -0.3 is 24.4 Å². The molecule has 0 aliphatic rings. The lowest BCUT2D eigenvalue weighted by atomic mass is 9.80. The largest absolute Gasteiger partial charge is 0.497 e. The molecule has 1 N–H and O–H groups in total. The van der Waals surface area contributed by atoms with E-state index >= 15 is 0 Å². The van der Waals surface area contributed by atoms with Crippen LogP contribution < -0.4 is 14.8 Å². The molecule has 0 fully saturated rings. The molecule has 0 heterocycles. The molecule has 0 aliphatic heterocycles. The van der Waals surface area contributed by atoms with Crippen molar-refractivity contribution >= 4 is 5.91 Å². The molecule has 3 aromatic rings. The van der Waals surface area contributed by atoms with E-state index in [2.05, 4.69) is 5.32 Å². The molecule has 0 aliphatic carbocycles. The van der Waals surface area contributed by atoms with Crippen LogP contribution in [0.1, 0.15) is 49.3 Å². The molecule has 0 bridgehead atoms. The zero-order valence-electron chi connectivity index (χ0n) is 24.6. The Hall–Kier alpha value is -3.56. The molecule has 42 heavy (non-hydrogen) atoms. The molecule has 228 valence electrons. The minimum atomic E-state index is -4.90. The number of unbranched alkanes of at least 4 members (excludes halogenated alkanes) is 1. The van der Waals surface area contributed by atoms with Crippen LogP contribution >= 0.6 is 0 Å². The van der Waals surface area contributed by atoms with Crippen LogP contribution in [0.2, 0.25) is 0 Å². The number of carbonyl (C=O) groups is 1. The van der Waals surface area contributed by atoms with E-state index in [-0.39, 0.29) is 19.7 Å². The molecule has 0 saturated heterocycles. The third-order valence-corrected chi connectivity index (χ3v) is 7.05. The quantitative estimate of drug-likeness (QED) is 0.143. The van der Waals surface area contributed by atoms with Gasteiger partial charge in [-0.2, -0.15) is 13.2 Å². The molecular formula is C33H41F3N2O4. The number of hydrogen-bond acceptors (Lipinski definition) is 5. The molecule has 0 aromatic heterocycles. The van der Waals surface area contributed by atoms with Gasteiger partial charge in [0, 0.05) is 19.7 Å². The number of ether oxygens (including phenoxy) is 3. The van der Waals surface area contributed by atoms with Crippen molar-refractivity contribution in [3.05, 3.63) is 95.6 Å². The lowest BCUT2D eigenvalue weighted by molar-refractivity contribution is -0.185. The van der Waals surface area contributed by atoms with Crippen molar-refractivity contribution in [2.45, 2.75) is 44.4 Å². The summed E-state index contributed by atoms with van der Waals surface area (Å²) in [4.78, 5) is 13.0. The summed E-state index contributed by atoms with van der Waals surface area (Å²) in [5, 5.41) is 3.17. The van der Waals surface area contributed by atoms with Crippen LogP contribution in [0.4, 0.5) is 13.2 Å². The van der Waals surface area contributed by atoms with Crippen molar-refractivity contribution in [2.75, 3.05) is 47.0 Å². The number of benzene rings is 3. The number of halogens is 3. The molecule has 0 atom stereocenters. The molecule has 3 aromatic carbocycles. The van der Waals surface area contributed by atoms with Crippen LogP contribution in [0.25, 0.3) is 0 Å². The molecule has 3 rings (SSSR count). The van der Waals surface area contributed by atoms with Crippen LogP contribution in [0.15, 0.2) is 78.9 Å². The standard InChI is InChI=1S/C33H41F3N2O4/c1-4-21-37-22-10-24-38(31(39)33(34,35)36)23-8-9-25-42-32(26-11-6-5-7-12-26,27-13-17-29(40-2)18-14-27)28-15-19-30(41-3)20-16-28/h5-7,11-20,37H,4,8-10,21-25H2,1-3H3. The maximum absolute atomic E-state index is 13.3. The summed E-state index contributed by atoms with van der Waals surface area (Å²) in [6.07, 6.45) is -2.71. The predicted molar refractivity (Wildman–Crippen MR) is 158 cm³/mol. The van der Waals surface area contributed by atoms with Gasteiger partial charge in [0.2, 0.25) is 0 Å². The number of nitrogens with zero attached hydrogens (tertiary/aromatic N) is 1. The van der Waals surface area contributed by atoms with Gasteiger partial charge in [0.05, 0.1) is 14.2 Å². The van der Waals surface area contributed by atoms with E-state index in [1.54, 1.807) is 14.2 Å². The van der Waals surface area contributed by atoms with E-state index in [1.807, 2.05) is 85.8 Å². The molecule has 6 nitrogen and oxygen atoms in total. The first-order valence-corrected chi connectivity index (χ1v) is 14.3. The van der Waals surface area contributed by atoms with Gasteiger partial charge in [-0.15, -0.1) is 0 Å². The summed E-state index contributed by atoms with van der Waals surface area (Å²) in [5.74, 6) is -0.390. The fourth-order valence-electron chi connectivity index (χ4n) is 4.90. The lowest BCUT2D eigenvalue weighted by Crippen LogP contribution is -2.43. The molecule has 0 spiro atoms. The number of nitrogens with one attached hydrogen (secondary N) is 1. The third-order valence-electron chi connectivity index (χ3n) is 7.05. The summed E-state index contributed by atoms with van der Waals surface area (Å²) in [5.41, 5.74) is 1.63. The Morgan fingerprint density at radius 2 is 1.26 bits per heavy atom. The first-order chi connectivity index (χ1) is 20.3. The van der Waals surface area contributed by atoms with Gasteiger partial charge in [-0.05, 0) is 79.7 Å². The fraction of sp³-hybridized carbons (Fsp3) is 0.424. The van der Waals surface area contributed by atoms with Crippen LogP contribution in [0.5, 0.6) is 11.5 Å². The zero-order valence-corrected chi connectivity index (χ0v) is 24.6. The molecule has 0 saturated carbocycles. The van der Waals surface area contributed by atoms with E-state index in [0.29, 0.717) is 37.3 Å². The Morgan fingerprint density at radius 1 is 0.738 bits per heavy atom. The molecular weight excluding hydrogens is 545 g/mol. The Labute approximate surface area is 246 Å². The number of rotatable bonds is 17. The van der Waals surface area contributed by atoms with Crippen molar-refractivity contribution in [2.24, 2.45) is 0 Å². The van der Waals surface area contributed by atoms with Crippen LogP contribution in [-0.2, 0) is 15.1 Å². The number of methoxy groups -OCH3 is 2. The maximum atomic E-state index is 13.3. The third kappa shape index (κ3) is 8.72. The topological polar surface area (TPSA) is 60.0 Å². The van der Waals surface area contributed by atoms with Crippen molar-refractivity contribution in [3.63, 3.8) is 0 Å². The maximum Gasteiger partial charge on any atom is 0.471 e. The van der Waals surface area contributed by atoms with Crippen LogP contribution in [-0.4, -0.2) is 64.0 Å². The van der Waals surface area contributed by atoms with Gasteiger partial charge in [-0.3, -0.25) is 4.79 Å². The second kappa shape index (κ2) is 16.2. The Balaban J connectivity index is 1.82. The van der Waals surface area contributed by atoms with Gasteiger partial charge in [0.1, 0.15) is 17.1 Å². The van der Waals surface area contributed by atoms with E-state index in [9.17, 15) is 18.0 Å². The minimum Gasteiger partial charge on any atom is -0.497 e. The van der Waals surface area contributed by atoms with Gasteiger partial charge >= 0.3 is 12.1 Å². The molecule has 0 unspecified atom stereocenters. The Morgan fingerprint density at radius 3 is 1.76 bits per heavy atom. The number of alkyl halides is 3. The van der Waals surface area contributed by atoms with Gasteiger partial charge in [0.25, 0.3) is 0 Å². The van der Waals surface area contributed by atoms with E-state index in [1.165, 1.54) is 0 Å². The number of carbonyl (C=O) groups excluding carboxylic acids is 1. The van der Waals surface area contributed by atoms with Crippen LogP contribution in [0.3, 0.4) is 0 Å². The summed E-state index contributed by atoms with van der Waals surface area (Å²) in [6.45, 7) is 3.65. The molecule has 0 radical (unpaired) electrons. The van der Waals surface area contributed by atoms with Gasteiger partial charge in [0.15, 0.2) is 0 Å². The highest BCUT2D eigenvalue weighted by molar-refractivity contribution is 5.81. The zero-order chi connectivity index (χ0) is 30.4. The van der Waals surface area contributed by atoms with E-state index in [4.69, 9.17) is 14.2 Å². The van der Waals surface area contributed by atoms with Gasteiger partial charge in [-0.1, -0.05) is 61.5 Å². The van der Waals surface area contributed by atoms with E-state index in [0.717, 1.165) is 34.6 Å². The fourth-order valence-corrected chi connectivity index (χ4v) is 4.90. The average Bonchev–Trinajstić information content (AvgIpc) is 3.01. The van der Waals surface area contributed by atoms with Crippen molar-refractivity contribution in [1.82, 2.24) is 10.2 Å². The van der Waals surface area contributed by atoms with Crippen molar-refractivity contribution < 1.29 is 32.2 Å². The summed E-state index contributed by atoms with van der Waals surface area (Å²) < 4.78 is 57.4. The first kappa shape index (κ1) is 32.9. The summed E-state index contributed by atoms with van der Waals surface area (Å²) >= 11 is 0. The first-order valence-electron chi connectivity index (χ1n) is 14.3. The van der Waals surface area contributed by atoms with Crippen molar-refractivity contribution in [3.8, 4) is 11.5 Å². The highest BCUT2D eigenvalue weighted by atomic mass is 19.4. The normalized spacial score (nSPS) is 11.8. The SMILES string of the molecule is CCCNCCCN(CCCCOC(c1ccccc1)(c1ccc(OC)cc1)c1ccc(OC)cc1)C(=O)C(F)(F)F. The van der Waals surface area contributed by atoms with Crippen LogP contribution in [0, 0.1) is 0 Å². The number of amides is 1. The van der Waals surface area contributed by atoms with Crippen molar-refractivity contribution in [1.29, 1.82) is 0 Å². The summed E-state index contributed by atoms with van der Waals surface area (Å²) in [7, 11) is 3.21. The second-order valence-electron chi connectivity index (χ2n) is 9.95. The molecule has 1 amide bonds. The Bertz CT molecular complexity index is 1160. The highest BCUT2D eigenvalue weighted by Gasteiger charge is 2.42. The smallest absolute Gasteiger partial charge is 0.471 e. The Kier molecular flexibility index (Phi) is 12.7.